The van der Waals surface area contributed by atoms with Gasteiger partial charge in [0.2, 0.25) is 0 Å². The largest absolute Gasteiger partial charge is 0.368 e. The van der Waals surface area contributed by atoms with E-state index in [0.717, 1.165) is 21.6 Å². The van der Waals surface area contributed by atoms with E-state index in [9.17, 15) is 25.5 Å². The lowest BCUT2D eigenvalue weighted by molar-refractivity contribution is -0.384. The minimum absolute atomic E-state index is 0.0435. The van der Waals surface area contributed by atoms with Gasteiger partial charge in [-0.3, -0.25) is 20.2 Å². The Labute approximate surface area is 256 Å². The molecule has 1 fully saturated rings. The number of nitriles is 1. The van der Waals surface area contributed by atoms with E-state index in [4.69, 9.17) is 0 Å². The lowest BCUT2D eigenvalue weighted by Gasteiger charge is -2.37. The van der Waals surface area contributed by atoms with Gasteiger partial charge in [0.15, 0.2) is 0 Å². The summed E-state index contributed by atoms with van der Waals surface area (Å²) in [6.07, 6.45) is 1.62. The maximum Gasteiger partial charge on any atom is 0.296 e. The molecule has 2 aromatic heterocycles. The number of hydrogen-bond acceptors (Lipinski definition) is 10. The predicted molar refractivity (Wildman–Crippen MR) is 170 cm³/mol. The van der Waals surface area contributed by atoms with Gasteiger partial charge < -0.3 is 9.80 Å². The zero-order valence-electron chi connectivity index (χ0n) is 23.9. The highest BCUT2D eigenvalue weighted by molar-refractivity contribution is 7.19. The number of anilines is 2. The molecule has 0 amide bonds. The maximum atomic E-state index is 12.1. The summed E-state index contributed by atoms with van der Waals surface area (Å²) < 4.78 is 2.53. The number of rotatable bonds is 7. The molecule has 1 aliphatic rings. The molecule has 44 heavy (non-hydrogen) atoms. The van der Waals surface area contributed by atoms with Gasteiger partial charge in [-0.05, 0) is 61.9 Å². The van der Waals surface area contributed by atoms with Crippen molar-refractivity contribution in [3.05, 3.63) is 109 Å². The number of nitro groups is 2. The Bertz CT molecular complexity index is 1970. The van der Waals surface area contributed by atoms with Crippen LogP contribution in [-0.2, 0) is 0 Å². The van der Waals surface area contributed by atoms with Crippen molar-refractivity contribution in [1.29, 1.82) is 5.26 Å². The van der Waals surface area contributed by atoms with Gasteiger partial charge in [-0.1, -0.05) is 18.2 Å². The van der Waals surface area contributed by atoms with Gasteiger partial charge in [0.1, 0.15) is 22.5 Å². The minimum atomic E-state index is -0.413. The summed E-state index contributed by atoms with van der Waals surface area (Å²) in [4.78, 5) is 31.8. The Kier molecular flexibility index (Phi) is 7.50. The molecule has 0 unspecified atom stereocenters. The van der Waals surface area contributed by atoms with Crippen molar-refractivity contribution in [2.75, 3.05) is 36.0 Å². The first-order valence-electron chi connectivity index (χ1n) is 13.8. The SMILES string of the molecule is Cc1cc(C)n(-c2ccc(N3CCN(c4ccc(/C=C(\C#N)c5nc6ccccc6s5)cc4[N+](=O)[O-])CC3)cc2[N+](=O)[O-])n1. The summed E-state index contributed by atoms with van der Waals surface area (Å²) in [5.41, 5.74) is 4.72. The molecule has 0 aliphatic carbocycles. The molecule has 0 saturated carbocycles. The highest BCUT2D eigenvalue weighted by atomic mass is 32.1. The van der Waals surface area contributed by atoms with Crippen molar-refractivity contribution < 1.29 is 9.85 Å². The normalized spacial score (nSPS) is 13.7. The molecule has 1 saturated heterocycles. The first kappa shape index (κ1) is 28.5. The lowest BCUT2D eigenvalue weighted by atomic mass is 10.1. The van der Waals surface area contributed by atoms with E-state index in [1.165, 1.54) is 17.4 Å². The van der Waals surface area contributed by atoms with Gasteiger partial charge in [-0.25, -0.2) is 9.67 Å². The first-order valence-corrected chi connectivity index (χ1v) is 14.6. The minimum Gasteiger partial charge on any atom is -0.368 e. The highest BCUT2D eigenvalue weighted by Gasteiger charge is 2.26. The highest BCUT2D eigenvalue weighted by Crippen LogP contribution is 2.34. The van der Waals surface area contributed by atoms with Crippen LogP contribution in [0.3, 0.4) is 0 Å². The fourth-order valence-corrected chi connectivity index (χ4v) is 6.38. The van der Waals surface area contributed by atoms with Crippen molar-refractivity contribution in [2.45, 2.75) is 13.8 Å². The maximum absolute atomic E-state index is 12.1. The van der Waals surface area contributed by atoms with E-state index in [2.05, 4.69) is 16.2 Å². The summed E-state index contributed by atoms with van der Waals surface area (Å²) in [5, 5.41) is 38.9. The van der Waals surface area contributed by atoms with E-state index in [0.29, 0.717) is 59.4 Å². The second kappa shape index (κ2) is 11.6. The molecule has 3 heterocycles. The van der Waals surface area contributed by atoms with E-state index < -0.39 is 9.85 Å². The van der Waals surface area contributed by atoms with Crippen LogP contribution in [-0.4, -0.2) is 50.8 Å². The molecule has 220 valence electrons. The van der Waals surface area contributed by atoms with Crippen LogP contribution >= 0.6 is 11.3 Å². The second-order valence-corrected chi connectivity index (χ2v) is 11.4. The van der Waals surface area contributed by atoms with E-state index in [1.807, 2.05) is 60.0 Å². The lowest BCUT2D eigenvalue weighted by Crippen LogP contribution is -2.46. The fraction of sp³-hybridized carbons (Fsp3) is 0.194. The molecule has 1 aliphatic heterocycles. The summed E-state index contributed by atoms with van der Waals surface area (Å²) in [5.74, 6) is 0. The third-order valence-electron chi connectivity index (χ3n) is 7.53. The molecular formula is C31H26N8O4S. The predicted octanol–water partition coefficient (Wildman–Crippen LogP) is 6.31. The molecule has 0 atom stereocenters. The smallest absolute Gasteiger partial charge is 0.296 e. The van der Waals surface area contributed by atoms with Crippen LogP contribution in [0.2, 0.25) is 0 Å². The number of piperazine rings is 1. The van der Waals surface area contributed by atoms with Crippen LogP contribution in [0, 0.1) is 45.4 Å². The fourth-order valence-electron chi connectivity index (χ4n) is 5.45. The van der Waals surface area contributed by atoms with Crippen molar-refractivity contribution in [3.8, 4) is 11.8 Å². The summed E-state index contributed by atoms with van der Waals surface area (Å²) in [6.45, 7) is 5.70. The monoisotopic (exact) mass is 606 g/mol. The molecule has 5 aromatic rings. The molecule has 0 N–H and O–H groups in total. The van der Waals surface area contributed by atoms with Crippen molar-refractivity contribution >= 4 is 56.0 Å². The molecule has 3 aromatic carbocycles. The summed E-state index contributed by atoms with van der Waals surface area (Å²) >= 11 is 1.40. The number of nitrogens with zero attached hydrogens (tertiary/aromatic N) is 8. The van der Waals surface area contributed by atoms with Crippen LogP contribution in [0.4, 0.5) is 22.7 Å². The third kappa shape index (κ3) is 5.46. The zero-order valence-corrected chi connectivity index (χ0v) is 24.7. The van der Waals surface area contributed by atoms with Crippen LogP contribution in [0.25, 0.3) is 27.6 Å². The number of aromatic nitrogens is 3. The van der Waals surface area contributed by atoms with Crippen LogP contribution in [0.1, 0.15) is 22.0 Å². The van der Waals surface area contributed by atoms with Crippen molar-refractivity contribution in [3.63, 3.8) is 0 Å². The molecule has 13 heteroatoms. The van der Waals surface area contributed by atoms with Gasteiger partial charge >= 0.3 is 0 Å². The van der Waals surface area contributed by atoms with E-state index in [1.54, 1.807) is 35.0 Å². The number of thiazole rings is 1. The average molecular weight is 607 g/mol. The second-order valence-electron chi connectivity index (χ2n) is 10.4. The van der Waals surface area contributed by atoms with Gasteiger partial charge in [-0.15, -0.1) is 11.3 Å². The molecule has 0 bridgehead atoms. The van der Waals surface area contributed by atoms with Crippen LogP contribution in [0.5, 0.6) is 0 Å². The molecule has 0 spiro atoms. The van der Waals surface area contributed by atoms with E-state index >= 15 is 0 Å². The summed E-state index contributed by atoms with van der Waals surface area (Å²) in [6, 6.07) is 21.7. The first-order chi connectivity index (χ1) is 21.2. The molecular weight excluding hydrogens is 580 g/mol. The molecule has 0 radical (unpaired) electrons. The Balaban J connectivity index is 1.22. The number of aryl methyl sites for hydroxylation is 2. The number of benzene rings is 3. The number of para-hydroxylation sites is 1. The average Bonchev–Trinajstić information content (AvgIpc) is 3.61. The van der Waals surface area contributed by atoms with Crippen LogP contribution in [0.15, 0.2) is 66.7 Å². The Hall–Kier alpha value is -5.61. The quantitative estimate of drug-likeness (QED) is 0.118. The van der Waals surface area contributed by atoms with Gasteiger partial charge in [0, 0.05) is 49.7 Å². The van der Waals surface area contributed by atoms with Gasteiger partial charge in [0.25, 0.3) is 11.4 Å². The molecule has 6 rings (SSSR count). The van der Waals surface area contributed by atoms with Crippen LogP contribution < -0.4 is 9.80 Å². The number of allylic oxidation sites excluding steroid dienone is 1. The summed E-state index contributed by atoms with van der Waals surface area (Å²) in [7, 11) is 0. The van der Waals surface area contributed by atoms with Gasteiger partial charge in [0.05, 0.1) is 31.3 Å². The number of fused-ring (bicyclic) bond motifs is 1. The van der Waals surface area contributed by atoms with Crippen molar-refractivity contribution in [2.24, 2.45) is 0 Å². The Morgan fingerprint density at radius 1 is 0.909 bits per heavy atom. The van der Waals surface area contributed by atoms with Crippen molar-refractivity contribution in [1.82, 2.24) is 14.8 Å². The zero-order chi connectivity index (χ0) is 31.0. The van der Waals surface area contributed by atoms with Gasteiger partial charge in [-0.2, -0.15) is 10.4 Å². The topological polar surface area (TPSA) is 147 Å². The standard InChI is InChI=1S/C31H26N8O4S/c1-20-15-21(2)37(34-20)27-10-8-24(18-29(27)39(42)43)35-11-13-36(14-12-35)26-9-7-22(17-28(26)38(40)41)16-23(19-32)31-33-25-5-3-4-6-30(25)44-31/h3-10,15-18H,11-14H2,1-2H3/b23-16+. The Morgan fingerprint density at radius 2 is 1.59 bits per heavy atom. The molecule has 12 nitrogen and oxygen atoms in total. The number of nitro benzene ring substituents is 2. The Morgan fingerprint density at radius 3 is 2.25 bits per heavy atom. The third-order valence-corrected chi connectivity index (χ3v) is 8.60. The van der Waals surface area contributed by atoms with E-state index in [-0.39, 0.29) is 11.4 Å². The number of hydrogen-bond donors (Lipinski definition) is 0.